The van der Waals surface area contributed by atoms with E-state index >= 15 is 0 Å². The molecular formula is C33H38N2O6S. The average Bonchev–Trinajstić information content (AvgIpc) is 3.46. The third kappa shape index (κ3) is 7.57. The number of carbonyl (C=O) groups is 3. The Hall–Kier alpha value is -3.69. The Balaban J connectivity index is 1.27. The first kappa shape index (κ1) is 29.8. The number of carboxylic acid groups (broad SMARTS) is 1. The van der Waals surface area contributed by atoms with Crippen molar-refractivity contribution < 1.29 is 29.1 Å². The highest BCUT2D eigenvalue weighted by Crippen LogP contribution is 2.40. The molecule has 9 heteroatoms. The molecule has 3 aromatic rings. The summed E-state index contributed by atoms with van der Waals surface area (Å²) in [7, 11) is 0. The minimum atomic E-state index is -1.02. The summed E-state index contributed by atoms with van der Waals surface area (Å²) >= 11 is 1.21. The monoisotopic (exact) mass is 590 g/mol. The first-order valence-electron chi connectivity index (χ1n) is 14.7. The van der Waals surface area contributed by atoms with Crippen LogP contribution in [0.5, 0.6) is 0 Å². The van der Waals surface area contributed by atoms with E-state index in [0.29, 0.717) is 44.1 Å². The third-order valence-corrected chi connectivity index (χ3v) is 9.47. The number of rotatable bonds is 9. The van der Waals surface area contributed by atoms with Crippen LogP contribution in [0.15, 0.2) is 66.7 Å². The molecule has 1 amide bonds. The van der Waals surface area contributed by atoms with Gasteiger partial charge >= 0.3 is 12.1 Å². The summed E-state index contributed by atoms with van der Waals surface area (Å²) in [5.74, 6) is -0.370. The number of ether oxygens (including phenoxy) is 1. The molecule has 42 heavy (non-hydrogen) atoms. The SMILES string of the molecule is CC1CCC(C(=O)N(CC2CCN(OC(=O)OCc3ccccc3)CC2)c2cc(-c3ccccc3)sc2C(=O)O)CC1. The molecular weight excluding hydrogens is 552 g/mol. The van der Waals surface area contributed by atoms with E-state index in [1.807, 2.05) is 66.7 Å². The molecule has 0 radical (unpaired) electrons. The van der Waals surface area contributed by atoms with Crippen LogP contribution in [-0.2, 0) is 21.0 Å². The molecule has 2 aromatic carbocycles. The Labute approximate surface area is 250 Å². The normalized spacial score (nSPS) is 19.6. The summed E-state index contributed by atoms with van der Waals surface area (Å²) in [5.41, 5.74) is 2.30. The molecule has 2 aliphatic rings. The van der Waals surface area contributed by atoms with Crippen molar-refractivity contribution in [2.45, 2.75) is 52.1 Å². The number of carbonyl (C=O) groups excluding carboxylic acids is 2. The van der Waals surface area contributed by atoms with Gasteiger partial charge in [-0.25, -0.2) is 9.59 Å². The van der Waals surface area contributed by atoms with Gasteiger partial charge in [-0.05, 0) is 67.6 Å². The standard InChI is InChI=1S/C33H38N2O6S/c1-23-12-14-27(15-13-23)31(36)35(28-20-29(42-30(28)32(37)38)26-10-6-3-7-11-26)21-24-16-18-34(19-17-24)41-33(39)40-22-25-8-4-2-5-9-25/h2-11,20,23-24,27H,12-19,21-22H2,1H3,(H,37,38). The van der Waals surface area contributed by atoms with E-state index in [4.69, 9.17) is 9.57 Å². The number of benzene rings is 2. The van der Waals surface area contributed by atoms with E-state index in [1.54, 1.807) is 9.96 Å². The smallest absolute Gasteiger partial charge is 0.477 e. The van der Waals surface area contributed by atoms with Crippen LogP contribution in [-0.4, -0.2) is 47.8 Å². The van der Waals surface area contributed by atoms with Crippen LogP contribution in [0.2, 0.25) is 0 Å². The summed E-state index contributed by atoms with van der Waals surface area (Å²) in [6.07, 6.45) is 4.33. The molecule has 0 spiro atoms. The van der Waals surface area contributed by atoms with Crippen LogP contribution in [0.1, 0.15) is 60.7 Å². The van der Waals surface area contributed by atoms with Crippen molar-refractivity contribution in [3.8, 4) is 10.4 Å². The van der Waals surface area contributed by atoms with Crippen molar-refractivity contribution in [2.24, 2.45) is 17.8 Å². The lowest BCUT2D eigenvalue weighted by Crippen LogP contribution is -2.44. The van der Waals surface area contributed by atoms with E-state index < -0.39 is 12.1 Å². The highest BCUT2D eigenvalue weighted by atomic mass is 32.1. The topological polar surface area (TPSA) is 96.4 Å². The highest BCUT2D eigenvalue weighted by Gasteiger charge is 2.34. The quantitative estimate of drug-likeness (QED) is 0.262. The van der Waals surface area contributed by atoms with E-state index in [2.05, 4.69) is 6.92 Å². The second-order valence-corrected chi connectivity index (χ2v) is 12.4. The molecule has 2 fully saturated rings. The Bertz CT molecular complexity index is 1350. The van der Waals surface area contributed by atoms with Gasteiger partial charge in [0.25, 0.3) is 0 Å². The second-order valence-electron chi connectivity index (χ2n) is 11.4. The van der Waals surface area contributed by atoms with Gasteiger partial charge in [0.05, 0.1) is 5.69 Å². The Morgan fingerprint density at radius 1 is 0.929 bits per heavy atom. The maximum atomic E-state index is 14.0. The zero-order valence-electron chi connectivity index (χ0n) is 23.9. The Morgan fingerprint density at radius 2 is 1.57 bits per heavy atom. The largest absolute Gasteiger partial charge is 0.528 e. The number of thiophene rings is 1. The van der Waals surface area contributed by atoms with Gasteiger partial charge in [0.2, 0.25) is 5.91 Å². The lowest BCUT2D eigenvalue weighted by atomic mass is 9.82. The van der Waals surface area contributed by atoms with Gasteiger partial charge in [0, 0.05) is 30.4 Å². The number of hydroxylamine groups is 2. The number of piperidine rings is 1. The van der Waals surface area contributed by atoms with E-state index in [0.717, 1.165) is 41.7 Å². The molecule has 1 aromatic heterocycles. The maximum absolute atomic E-state index is 14.0. The number of nitrogens with zero attached hydrogens (tertiary/aromatic N) is 2. The Kier molecular flexibility index (Phi) is 9.92. The molecule has 1 aliphatic carbocycles. The number of hydrogen-bond donors (Lipinski definition) is 1. The lowest BCUT2D eigenvalue weighted by Gasteiger charge is -2.36. The van der Waals surface area contributed by atoms with Crippen LogP contribution >= 0.6 is 11.3 Å². The van der Waals surface area contributed by atoms with Gasteiger partial charge in [-0.1, -0.05) is 67.6 Å². The van der Waals surface area contributed by atoms with Crippen LogP contribution < -0.4 is 4.90 Å². The summed E-state index contributed by atoms with van der Waals surface area (Å²) < 4.78 is 5.25. The van der Waals surface area contributed by atoms with E-state index in [-0.39, 0.29) is 29.2 Å². The molecule has 1 saturated carbocycles. The molecule has 0 atom stereocenters. The van der Waals surface area contributed by atoms with Crippen LogP contribution in [0.25, 0.3) is 10.4 Å². The molecule has 0 bridgehead atoms. The van der Waals surface area contributed by atoms with Crippen molar-refractivity contribution in [3.05, 3.63) is 77.2 Å². The molecule has 222 valence electrons. The molecule has 0 unspecified atom stereocenters. The van der Waals surface area contributed by atoms with Crippen LogP contribution in [0, 0.1) is 17.8 Å². The summed E-state index contributed by atoms with van der Waals surface area (Å²) in [6.45, 7) is 3.82. The molecule has 2 heterocycles. The minimum absolute atomic E-state index is 0.0185. The number of anilines is 1. The number of hydrogen-bond acceptors (Lipinski definition) is 7. The predicted octanol–water partition coefficient (Wildman–Crippen LogP) is 7.25. The van der Waals surface area contributed by atoms with Crippen LogP contribution in [0.3, 0.4) is 0 Å². The fourth-order valence-corrected chi connectivity index (χ4v) is 6.81. The number of aromatic carboxylic acids is 1. The van der Waals surface area contributed by atoms with E-state index in [9.17, 15) is 19.5 Å². The summed E-state index contributed by atoms with van der Waals surface area (Å²) in [6, 6.07) is 21.0. The first-order valence-corrected chi connectivity index (χ1v) is 15.6. The molecule has 5 rings (SSSR count). The summed E-state index contributed by atoms with van der Waals surface area (Å²) in [5, 5.41) is 11.8. The van der Waals surface area contributed by atoms with Gasteiger partial charge in [0.15, 0.2) is 0 Å². The lowest BCUT2D eigenvalue weighted by molar-refractivity contribution is -0.144. The zero-order valence-corrected chi connectivity index (χ0v) is 24.8. The molecule has 1 saturated heterocycles. The number of amides is 1. The van der Waals surface area contributed by atoms with Crippen molar-refractivity contribution in [1.82, 2.24) is 5.06 Å². The van der Waals surface area contributed by atoms with Gasteiger partial charge in [0.1, 0.15) is 11.5 Å². The van der Waals surface area contributed by atoms with Gasteiger partial charge in [-0.15, -0.1) is 16.4 Å². The van der Waals surface area contributed by atoms with Crippen molar-refractivity contribution in [3.63, 3.8) is 0 Å². The Morgan fingerprint density at radius 3 is 2.21 bits per heavy atom. The van der Waals surface area contributed by atoms with Crippen molar-refractivity contribution in [2.75, 3.05) is 24.5 Å². The number of carboxylic acids is 1. The highest BCUT2D eigenvalue weighted by molar-refractivity contribution is 7.18. The maximum Gasteiger partial charge on any atom is 0.528 e. The summed E-state index contributed by atoms with van der Waals surface area (Å²) in [4.78, 5) is 46.9. The third-order valence-electron chi connectivity index (χ3n) is 8.30. The van der Waals surface area contributed by atoms with E-state index in [1.165, 1.54) is 11.3 Å². The average molecular weight is 591 g/mol. The minimum Gasteiger partial charge on any atom is -0.477 e. The van der Waals surface area contributed by atoms with Gasteiger partial charge in [-0.2, -0.15) is 0 Å². The fourth-order valence-electron chi connectivity index (χ4n) is 5.80. The molecule has 1 aliphatic heterocycles. The zero-order chi connectivity index (χ0) is 29.5. The fraction of sp³-hybridized carbons (Fsp3) is 0.424. The van der Waals surface area contributed by atoms with Gasteiger partial charge in [-0.3, -0.25) is 4.79 Å². The predicted molar refractivity (Wildman–Crippen MR) is 162 cm³/mol. The van der Waals surface area contributed by atoms with Crippen molar-refractivity contribution in [1.29, 1.82) is 0 Å². The van der Waals surface area contributed by atoms with Gasteiger partial charge < -0.3 is 19.6 Å². The molecule has 8 nitrogen and oxygen atoms in total. The van der Waals surface area contributed by atoms with Crippen molar-refractivity contribution >= 4 is 35.1 Å². The van der Waals surface area contributed by atoms with Crippen LogP contribution in [0.4, 0.5) is 10.5 Å². The second kappa shape index (κ2) is 14.0. The first-order chi connectivity index (χ1) is 20.4. The molecule has 1 N–H and O–H groups in total.